The van der Waals surface area contributed by atoms with Gasteiger partial charge in [0.05, 0.1) is 6.07 Å². The summed E-state index contributed by atoms with van der Waals surface area (Å²) in [5.74, 6) is 0.755. The molecule has 2 nitrogen and oxygen atoms in total. The van der Waals surface area contributed by atoms with Gasteiger partial charge in [-0.1, -0.05) is 18.2 Å². The smallest absolute Gasteiger partial charge is 0.113 e. The second-order valence-electron chi connectivity index (χ2n) is 3.75. The third-order valence-corrected chi connectivity index (χ3v) is 3.90. The van der Waals surface area contributed by atoms with E-state index in [1.165, 1.54) is 10.5 Å². The van der Waals surface area contributed by atoms with E-state index in [0.717, 1.165) is 5.75 Å². The van der Waals surface area contributed by atoms with Crippen molar-refractivity contribution in [2.24, 2.45) is 0 Å². The molecule has 80 valence electrons. The Morgan fingerprint density at radius 3 is 2.67 bits per heavy atom. The third kappa shape index (κ3) is 3.26. The molecule has 0 aliphatic carbocycles. The van der Waals surface area contributed by atoms with Gasteiger partial charge in [0.1, 0.15) is 5.54 Å². The zero-order valence-electron chi connectivity index (χ0n) is 9.37. The van der Waals surface area contributed by atoms with Crippen molar-refractivity contribution in [3.05, 3.63) is 29.8 Å². The molecule has 0 aliphatic rings. The summed E-state index contributed by atoms with van der Waals surface area (Å²) in [5, 5.41) is 12.0. The quantitative estimate of drug-likeness (QED) is 0.792. The zero-order chi connectivity index (χ0) is 11.3. The molecule has 0 saturated carbocycles. The fourth-order valence-corrected chi connectivity index (χ4v) is 2.22. The standard InChI is InChI=1S/C12H16N2S/c1-10-6-4-5-7-11(10)15-9-12(2,8-13)14-3/h4-7,14H,9H2,1-3H3. The molecule has 1 aromatic rings. The summed E-state index contributed by atoms with van der Waals surface area (Å²) in [7, 11) is 1.82. The van der Waals surface area contributed by atoms with E-state index in [2.05, 4.69) is 30.4 Å². The molecule has 1 rings (SSSR count). The van der Waals surface area contributed by atoms with Gasteiger partial charge in [-0.2, -0.15) is 5.26 Å². The normalized spacial score (nSPS) is 14.3. The van der Waals surface area contributed by atoms with Gasteiger partial charge in [0.15, 0.2) is 0 Å². The van der Waals surface area contributed by atoms with E-state index in [0.29, 0.717) is 0 Å². The van der Waals surface area contributed by atoms with Gasteiger partial charge in [-0.25, -0.2) is 0 Å². The number of thioether (sulfide) groups is 1. The largest absolute Gasteiger partial charge is 0.302 e. The number of benzene rings is 1. The predicted octanol–water partition coefficient (Wildman–Crippen LogP) is 2.59. The lowest BCUT2D eigenvalue weighted by molar-refractivity contribution is 0.550. The van der Waals surface area contributed by atoms with Gasteiger partial charge in [-0.3, -0.25) is 0 Å². The summed E-state index contributed by atoms with van der Waals surface area (Å²) < 4.78 is 0. The van der Waals surface area contributed by atoms with Crippen LogP contribution in [0.4, 0.5) is 0 Å². The Morgan fingerprint density at radius 1 is 1.47 bits per heavy atom. The number of hydrogen-bond donors (Lipinski definition) is 1. The van der Waals surface area contributed by atoms with Crippen LogP contribution in [0.3, 0.4) is 0 Å². The summed E-state index contributed by atoms with van der Waals surface area (Å²) in [6.45, 7) is 4.00. The third-order valence-electron chi connectivity index (χ3n) is 2.41. The van der Waals surface area contributed by atoms with Crippen molar-refractivity contribution in [3.63, 3.8) is 0 Å². The van der Waals surface area contributed by atoms with Crippen LogP contribution in [0.2, 0.25) is 0 Å². The Bertz CT molecular complexity index is 370. The molecule has 0 aromatic heterocycles. The van der Waals surface area contributed by atoms with Gasteiger partial charge in [0, 0.05) is 10.6 Å². The van der Waals surface area contributed by atoms with Gasteiger partial charge < -0.3 is 5.32 Å². The maximum atomic E-state index is 9.01. The van der Waals surface area contributed by atoms with E-state index < -0.39 is 5.54 Å². The lowest BCUT2D eigenvalue weighted by atomic mass is 10.1. The number of hydrogen-bond acceptors (Lipinski definition) is 3. The average molecular weight is 220 g/mol. The minimum atomic E-state index is -0.451. The average Bonchev–Trinajstić information content (AvgIpc) is 2.28. The van der Waals surface area contributed by atoms with Gasteiger partial charge in [-0.15, -0.1) is 11.8 Å². The number of aryl methyl sites for hydroxylation is 1. The number of nitriles is 1. The van der Waals surface area contributed by atoms with E-state index in [4.69, 9.17) is 5.26 Å². The van der Waals surface area contributed by atoms with Crippen LogP contribution in [0, 0.1) is 18.3 Å². The van der Waals surface area contributed by atoms with E-state index in [1.807, 2.05) is 26.1 Å². The number of nitrogens with one attached hydrogen (secondary N) is 1. The minimum absolute atomic E-state index is 0.451. The fraction of sp³-hybridized carbons (Fsp3) is 0.417. The highest BCUT2D eigenvalue weighted by atomic mass is 32.2. The highest BCUT2D eigenvalue weighted by Crippen LogP contribution is 2.25. The molecule has 1 aromatic carbocycles. The Kier molecular flexibility index (Phi) is 4.19. The Hall–Kier alpha value is -0.980. The molecule has 0 aliphatic heterocycles. The van der Waals surface area contributed by atoms with Crippen molar-refractivity contribution in [1.82, 2.24) is 5.32 Å². The van der Waals surface area contributed by atoms with Crippen LogP contribution in [0.15, 0.2) is 29.2 Å². The maximum Gasteiger partial charge on any atom is 0.113 e. The van der Waals surface area contributed by atoms with E-state index in [1.54, 1.807) is 11.8 Å². The summed E-state index contributed by atoms with van der Waals surface area (Å²) >= 11 is 1.72. The summed E-state index contributed by atoms with van der Waals surface area (Å²) in [6, 6.07) is 10.5. The van der Waals surface area contributed by atoms with E-state index in [-0.39, 0.29) is 0 Å². The molecule has 0 bridgehead atoms. The Morgan fingerprint density at radius 2 is 2.13 bits per heavy atom. The van der Waals surface area contributed by atoms with Gasteiger partial charge in [0.25, 0.3) is 0 Å². The molecule has 0 amide bonds. The molecule has 0 fully saturated rings. The van der Waals surface area contributed by atoms with Gasteiger partial charge >= 0.3 is 0 Å². The van der Waals surface area contributed by atoms with Crippen LogP contribution < -0.4 is 5.32 Å². The van der Waals surface area contributed by atoms with Crippen LogP contribution in [0.25, 0.3) is 0 Å². The molecule has 0 heterocycles. The van der Waals surface area contributed by atoms with Gasteiger partial charge in [-0.05, 0) is 32.5 Å². The highest BCUT2D eigenvalue weighted by molar-refractivity contribution is 7.99. The molecule has 3 heteroatoms. The molecule has 0 saturated heterocycles. The topological polar surface area (TPSA) is 35.8 Å². The lowest BCUT2D eigenvalue weighted by Gasteiger charge is -2.20. The Balaban J connectivity index is 2.66. The SMILES string of the molecule is CNC(C)(C#N)CSc1ccccc1C. The minimum Gasteiger partial charge on any atom is -0.302 e. The zero-order valence-corrected chi connectivity index (χ0v) is 10.2. The molecule has 0 spiro atoms. The summed E-state index contributed by atoms with van der Waals surface area (Å²) in [5.41, 5.74) is 0.811. The second kappa shape index (κ2) is 5.20. The van der Waals surface area contributed by atoms with Crippen molar-refractivity contribution in [1.29, 1.82) is 5.26 Å². The maximum absolute atomic E-state index is 9.01. The van der Waals surface area contributed by atoms with Crippen LogP contribution in [-0.2, 0) is 0 Å². The van der Waals surface area contributed by atoms with Crippen molar-refractivity contribution < 1.29 is 0 Å². The predicted molar refractivity (Wildman–Crippen MR) is 65.0 cm³/mol. The van der Waals surface area contributed by atoms with Crippen LogP contribution in [0.5, 0.6) is 0 Å². The summed E-state index contributed by atoms with van der Waals surface area (Å²) in [4.78, 5) is 1.24. The molecule has 1 atom stereocenters. The van der Waals surface area contributed by atoms with Crippen LogP contribution in [-0.4, -0.2) is 18.3 Å². The van der Waals surface area contributed by atoms with E-state index >= 15 is 0 Å². The fourth-order valence-electron chi connectivity index (χ4n) is 1.10. The van der Waals surface area contributed by atoms with Crippen molar-refractivity contribution >= 4 is 11.8 Å². The van der Waals surface area contributed by atoms with Gasteiger partial charge in [0.2, 0.25) is 0 Å². The second-order valence-corrected chi connectivity index (χ2v) is 4.77. The first-order valence-electron chi connectivity index (χ1n) is 4.90. The van der Waals surface area contributed by atoms with Crippen LogP contribution >= 0.6 is 11.8 Å². The van der Waals surface area contributed by atoms with E-state index in [9.17, 15) is 0 Å². The van der Waals surface area contributed by atoms with Crippen molar-refractivity contribution in [2.75, 3.05) is 12.8 Å². The monoisotopic (exact) mass is 220 g/mol. The first-order chi connectivity index (χ1) is 7.11. The van der Waals surface area contributed by atoms with Crippen LogP contribution in [0.1, 0.15) is 12.5 Å². The first kappa shape index (κ1) is 12.1. The molecule has 1 N–H and O–H groups in total. The first-order valence-corrected chi connectivity index (χ1v) is 5.88. The Labute approximate surface area is 95.7 Å². The van der Waals surface area contributed by atoms with Crippen molar-refractivity contribution in [3.8, 4) is 6.07 Å². The molecule has 0 radical (unpaired) electrons. The lowest BCUT2D eigenvalue weighted by Crippen LogP contribution is -2.40. The number of nitrogens with zero attached hydrogens (tertiary/aromatic N) is 1. The highest BCUT2D eigenvalue weighted by Gasteiger charge is 2.21. The molecule has 1 unspecified atom stereocenters. The summed E-state index contributed by atoms with van der Waals surface area (Å²) in [6.07, 6.45) is 0. The molecule has 15 heavy (non-hydrogen) atoms. The number of rotatable bonds is 4. The van der Waals surface area contributed by atoms with Crippen molar-refractivity contribution in [2.45, 2.75) is 24.3 Å². The molecular weight excluding hydrogens is 204 g/mol. The molecular formula is C12H16N2S.